The normalized spacial score (nSPS) is 11.9. The summed E-state index contributed by atoms with van der Waals surface area (Å²) in [5, 5.41) is 2.90. The molecule has 94 valence electrons. The Morgan fingerprint density at radius 3 is 2.38 bits per heavy atom. The molecule has 0 aliphatic carbocycles. The summed E-state index contributed by atoms with van der Waals surface area (Å²) in [7, 11) is 0. The van der Waals surface area contributed by atoms with Gasteiger partial charge in [-0.3, -0.25) is 4.79 Å². The molecule has 0 fully saturated rings. The number of rotatable bonds is 8. The lowest BCUT2D eigenvalue weighted by Gasteiger charge is -2.08. The molecule has 0 heterocycles. The van der Waals surface area contributed by atoms with E-state index in [1.54, 1.807) is 0 Å². The number of unbranched alkanes of at least 4 members (excludes halogenated alkanes) is 5. The van der Waals surface area contributed by atoms with Crippen LogP contribution in [-0.4, -0.2) is 11.9 Å². The van der Waals surface area contributed by atoms with Gasteiger partial charge in [-0.05, 0) is 33.6 Å². The van der Waals surface area contributed by atoms with E-state index in [1.165, 1.54) is 32.1 Å². The van der Waals surface area contributed by atoms with Gasteiger partial charge in [0, 0.05) is 11.6 Å². The zero-order valence-electron chi connectivity index (χ0n) is 11.3. The van der Waals surface area contributed by atoms with Gasteiger partial charge in [-0.2, -0.15) is 0 Å². The van der Waals surface area contributed by atoms with E-state index in [-0.39, 0.29) is 11.9 Å². The van der Waals surface area contributed by atoms with Crippen molar-refractivity contribution in [3.8, 4) is 0 Å². The van der Waals surface area contributed by atoms with Crippen LogP contribution in [-0.2, 0) is 4.79 Å². The van der Waals surface area contributed by atoms with Gasteiger partial charge in [-0.1, -0.05) is 38.7 Å². The van der Waals surface area contributed by atoms with Crippen LogP contribution in [0.2, 0.25) is 0 Å². The molecule has 0 aromatic carbocycles. The molecule has 0 radical (unpaired) electrons. The van der Waals surface area contributed by atoms with E-state index in [1.807, 2.05) is 20.8 Å². The molecule has 0 aromatic rings. The fraction of sp³-hybridized carbons (Fsp3) is 0.786. The molecular weight excluding hydrogens is 198 g/mol. The first kappa shape index (κ1) is 15.2. The SMILES string of the molecule is CCCCCCCC=C(C)C(=O)NC(C)C. The summed E-state index contributed by atoms with van der Waals surface area (Å²) in [6.07, 6.45) is 9.50. The van der Waals surface area contributed by atoms with Crippen molar-refractivity contribution in [3.05, 3.63) is 11.6 Å². The Hall–Kier alpha value is -0.790. The van der Waals surface area contributed by atoms with Gasteiger partial charge in [-0.25, -0.2) is 0 Å². The highest BCUT2D eigenvalue weighted by Crippen LogP contribution is 2.07. The van der Waals surface area contributed by atoms with Gasteiger partial charge in [0.25, 0.3) is 0 Å². The summed E-state index contributed by atoms with van der Waals surface area (Å²) in [4.78, 5) is 11.5. The van der Waals surface area contributed by atoms with E-state index >= 15 is 0 Å². The van der Waals surface area contributed by atoms with E-state index in [0.717, 1.165) is 12.0 Å². The molecule has 2 nitrogen and oxygen atoms in total. The predicted molar refractivity (Wildman–Crippen MR) is 70.4 cm³/mol. The quantitative estimate of drug-likeness (QED) is 0.494. The second-order valence-electron chi connectivity index (χ2n) is 4.72. The molecule has 0 saturated heterocycles. The van der Waals surface area contributed by atoms with Gasteiger partial charge in [0.15, 0.2) is 0 Å². The van der Waals surface area contributed by atoms with Crippen LogP contribution in [0.1, 0.15) is 66.2 Å². The van der Waals surface area contributed by atoms with Crippen LogP contribution in [0.15, 0.2) is 11.6 Å². The lowest BCUT2D eigenvalue weighted by Crippen LogP contribution is -2.30. The zero-order chi connectivity index (χ0) is 12.4. The van der Waals surface area contributed by atoms with Crippen LogP contribution in [0, 0.1) is 0 Å². The number of allylic oxidation sites excluding steroid dienone is 1. The molecule has 0 saturated carbocycles. The van der Waals surface area contributed by atoms with Crippen LogP contribution < -0.4 is 5.32 Å². The number of carbonyl (C=O) groups excluding carboxylic acids is 1. The van der Waals surface area contributed by atoms with Crippen molar-refractivity contribution >= 4 is 5.91 Å². The molecule has 0 spiro atoms. The van der Waals surface area contributed by atoms with Gasteiger partial charge >= 0.3 is 0 Å². The Bertz CT molecular complexity index is 219. The summed E-state index contributed by atoms with van der Waals surface area (Å²) in [6.45, 7) is 8.08. The fourth-order valence-electron chi connectivity index (χ4n) is 1.54. The number of carbonyl (C=O) groups is 1. The minimum Gasteiger partial charge on any atom is -0.350 e. The van der Waals surface area contributed by atoms with E-state index in [9.17, 15) is 4.79 Å². The maximum absolute atomic E-state index is 11.5. The molecule has 0 aliphatic rings. The summed E-state index contributed by atoms with van der Waals surface area (Å²) in [6, 6.07) is 0.223. The Balaban J connectivity index is 3.65. The molecule has 0 atom stereocenters. The number of hydrogen-bond donors (Lipinski definition) is 1. The van der Waals surface area contributed by atoms with E-state index < -0.39 is 0 Å². The highest BCUT2D eigenvalue weighted by Gasteiger charge is 2.04. The molecule has 0 unspecified atom stereocenters. The second-order valence-corrected chi connectivity index (χ2v) is 4.72. The fourth-order valence-corrected chi connectivity index (χ4v) is 1.54. The lowest BCUT2D eigenvalue weighted by atomic mass is 10.1. The van der Waals surface area contributed by atoms with Crippen LogP contribution in [0.3, 0.4) is 0 Å². The van der Waals surface area contributed by atoms with Gasteiger partial charge in [-0.15, -0.1) is 0 Å². The van der Waals surface area contributed by atoms with Gasteiger partial charge in [0.1, 0.15) is 0 Å². The first-order chi connectivity index (χ1) is 7.57. The third kappa shape index (κ3) is 8.51. The van der Waals surface area contributed by atoms with Crippen LogP contribution in [0.4, 0.5) is 0 Å². The maximum atomic E-state index is 11.5. The van der Waals surface area contributed by atoms with Crippen molar-refractivity contribution in [1.29, 1.82) is 0 Å². The molecule has 2 heteroatoms. The molecule has 0 aliphatic heterocycles. The Morgan fingerprint density at radius 2 is 1.81 bits per heavy atom. The highest BCUT2D eigenvalue weighted by atomic mass is 16.1. The third-order valence-corrected chi connectivity index (χ3v) is 2.54. The first-order valence-electron chi connectivity index (χ1n) is 6.55. The number of nitrogens with one attached hydrogen (secondary N) is 1. The summed E-state index contributed by atoms with van der Waals surface area (Å²) >= 11 is 0. The average Bonchev–Trinajstić information content (AvgIpc) is 2.21. The molecule has 1 N–H and O–H groups in total. The van der Waals surface area contributed by atoms with E-state index in [0.29, 0.717) is 0 Å². The lowest BCUT2D eigenvalue weighted by molar-refractivity contribution is -0.117. The zero-order valence-corrected chi connectivity index (χ0v) is 11.3. The van der Waals surface area contributed by atoms with Crippen LogP contribution in [0.5, 0.6) is 0 Å². The van der Waals surface area contributed by atoms with E-state index in [4.69, 9.17) is 0 Å². The van der Waals surface area contributed by atoms with Crippen molar-refractivity contribution < 1.29 is 4.79 Å². The van der Waals surface area contributed by atoms with Crippen LogP contribution >= 0.6 is 0 Å². The van der Waals surface area contributed by atoms with Crippen molar-refractivity contribution in [1.82, 2.24) is 5.32 Å². The molecule has 16 heavy (non-hydrogen) atoms. The smallest absolute Gasteiger partial charge is 0.246 e. The van der Waals surface area contributed by atoms with Crippen LogP contribution in [0.25, 0.3) is 0 Å². The number of hydrogen-bond acceptors (Lipinski definition) is 1. The average molecular weight is 225 g/mol. The third-order valence-electron chi connectivity index (χ3n) is 2.54. The highest BCUT2D eigenvalue weighted by molar-refractivity contribution is 5.92. The minimum atomic E-state index is 0.0727. The minimum absolute atomic E-state index is 0.0727. The summed E-state index contributed by atoms with van der Waals surface area (Å²) < 4.78 is 0. The van der Waals surface area contributed by atoms with Gasteiger partial charge < -0.3 is 5.32 Å². The van der Waals surface area contributed by atoms with Crippen molar-refractivity contribution in [2.24, 2.45) is 0 Å². The Labute approximate surface area is 101 Å². The van der Waals surface area contributed by atoms with Crippen molar-refractivity contribution in [2.45, 2.75) is 72.3 Å². The molecule has 0 bridgehead atoms. The molecule has 1 amide bonds. The predicted octanol–water partition coefficient (Wildman–Crippen LogP) is 3.82. The standard InChI is InChI=1S/C14H27NO/c1-5-6-7-8-9-10-11-13(4)14(16)15-12(2)3/h11-12H,5-10H2,1-4H3,(H,15,16). The number of amides is 1. The monoisotopic (exact) mass is 225 g/mol. The topological polar surface area (TPSA) is 29.1 Å². The van der Waals surface area contributed by atoms with E-state index in [2.05, 4.69) is 18.3 Å². The summed E-state index contributed by atoms with van der Waals surface area (Å²) in [5.41, 5.74) is 0.851. The van der Waals surface area contributed by atoms with Gasteiger partial charge in [0.05, 0.1) is 0 Å². The molecule has 0 aromatic heterocycles. The molecule has 0 rings (SSSR count). The summed E-state index contributed by atoms with van der Waals surface area (Å²) in [5.74, 6) is 0.0727. The Kier molecular flexibility index (Phi) is 8.97. The molecular formula is C14H27NO. The first-order valence-corrected chi connectivity index (χ1v) is 6.55. The Morgan fingerprint density at radius 1 is 1.19 bits per heavy atom. The van der Waals surface area contributed by atoms with Crippen molar-refractivity contribution in [3.63, 3.8) is 0 Å². The second kappa shape index (κ2) is 9.44. The van der Waals surface area contributed by atoms with Crippen molar-refractivity contribution in [2.75, 3.05) is 0 Å². The van der Waals surface area contributed by atoms with Gasteiger partial charge in [0.2, 0.25) is 5.91 Å². The largest absolute Gasteiger partial charge is 0.350 e. The maximum Gasteiger partial charge on any atom is 0.246 e.